The Morgan fingerprint density at radius 2 is 1.96 bits per heavy atom. The van der Waals surface area contributed by atoms with E-state index in [2.05, 4.69) is 32.2 Å². The van der Waals surface area contributed by atoms with Crippen LogP contribution >= 0.6 is 15.9 Å². The van der Waals surface area contributed by atoms with E-state index in [1.54, 1.807) is 7.11 Å². The quantitative estimate of drug-likeness (QED) is 0.765. The largest absolute Gasteiger partial charge is 0.496 e. The summed E-state index contributed by atoms with van der Waals surface area (Å²) in [6.45, 7) is 2.12. The number of methoxy groups -OCH3 is 1. The first-order valence-electron chi connectivity index (χ1n) is 8.63. The van der Waals surface area contributed by atoms with Crippen LogP contribution < -0.4 is 15.0 Å². The molecule has 0 spiro atoms. The highest BCUT2D eigenvalue weighted by molar-refractivity contribution is 9.10. The van der Waals surface area contributed by atoms with Crippen molar-refractivity contribution in [3.63, 3.8) is 0 Å². The number of hydrogen-bond donors (Lipinski definition) is 1. The summed E-state index contributed by atoms with van der Waals surface area (Å²) in [6, 6.07) is 14.0. The molecule has 132 valence electrons. The smallest absolute Gasteiger partial charge is 0.224 e. The molecule has 1 saturated heterocycles. The zero-order chi connectivity index (χ0) is 17.6. The number of benzene rings is 2. The van der Waals surface area contributed by atoms with Crippen LogP contribution in [-0.2, 0) is 11.2 Å². The van der Waals surface area contributed by atoms with Gasteiger partial charge in [-0.15, -0.1) is 0 Å². The monoisotopic (exact) mass is 402 g/mol. The highest BCUT2D eigenvalue weighted by Gasteiger charge is 2.16. The molecule has 1 amide bonds. The molecular weight excluding hydrogens is 380 g/mol. The average Bonchev–Trinajstić information content (AvgIpc) is 3.15. The van der Waals surface area contributed by atoms with E-state index in [1.165, 1.54) is 12.8 Å². The summed E-state index contributed by atoms with van der Waals surface area (Å²) in [5.41, 5.74) is 3.14. The Balaban J connectivity index is 1.60. The maximum Gasteiger partial charge on any atom is 0.224 e. The van der Waals surface area contributed by atoms with Crippen molar-refractivity contribution in [1.29, 1.82) is 0 Å². The number of ether oxygens (including phenoxy) is 1. The van der Waals surface area contributed by atoms with Crippen LogP contribution in [0.3, 0.4) is 0 Å². The van der Waals surface area contributed by atoms with E-state index >= 15 is 0 Å². The third-order valence-electron chi connectivity index (χ3n) is 4.48. The van der Waals surface area contributed by atoms with Crippen molar-refractivity contribution in [2.24, 2.45) is 0 Å². The molecule has 1 heterocycles. The van der Waals surface area contributed by atoms with Crippen LogP contribution in [0.15, 0.2) is 46.9 Å². The SMILES string of the molecule is COc1ccc(CCC(=O)Nc2ccccc2N2CCCC2)cc1Br. The third kappa shape index (κ3) is 4.54. The van der Waals surface area contributed by atoms with Gasteiger partial charge in [0.25, 0.3) is 0 Å². The number of nitrogens with zero attached hydrogens (tertiary/aromatic N) is 1. The normalized spacial score (nSPS) is 13.8. The van der Waals surface area contributed by atoms with Crippen LogP contribution in [0.1, 0.15) is 24.8 Å². The zero-order valence-corrected chi connectivity index (χ0v) is 16.0. The summed E-state index contributed by atoms with van der Waals surface area (Å²) in [5, 5.41) is 3.08. The number of rotatable bonds is 6. The highest BCUT2D eigenvalue weighted by Crippen LogP contribution is 2.29. The first-order chi connectivity index (χ1) is 12.2. The molecule has 2 aromatic carbocycles. The van der Waals surface area contributed by atoms with Gasteiger partial charge in [0.1, 0.15) is 5.75 Å². The summed E-state index contributed by atoms with van der Waals surface area (Å²) in [7, 11) is 1.64. The lowest BCUT2D eigenvalue weighted by atomic mass is 10.1. The molecular formula is C20H23BrN2O2. The molecule has 5 heteroatoms. The second kappa shape index (κ2) is 8.39. The van der Waals surface area contributed by atoms with Crippen molar-refractivity contribution in [2.75, 3.05) is 30.4 Å². The topological polar surface area (TPSA) is 41.6 Å². The summed E-state index contributed by atoms with van der Waals surface area (Å²) >= 11 is 3.48. The molecule has 0 unspecified atom stereocenters. The number of carbonyl (C=O) groups is 1. The molecule has 0 bridgehead atoms. The van der Waals surface area contributed by atoms with Gasteiger partial charge in [0.15, 0.2) is 0 Å². The third-order valence-corrected chi connectivity index (χ3v) is 5.10. The van der Waals surface area contributed by atoms with E-state index in [4.69, 9.17) is 4.74 Å². The standard InChI is InChI=1S/C20H23BrN2O2/c1-25-19-10-8-15(14-16(19)21)9-11-20(24)22-17-6-2-3-7-18(17)23-12-4-5-13-23/h2-3,6-8,10,14H,4-5,9,11-13H2,1H3,(H,22,24). The molecule has 0 atom stereocenters. The molecule has 25 heavy (non-hydrogen) atoms. The van der Waals surface area contributed by atoms with Crippen molar-refractivity contribution in [3.8, 4) is 5.75 Å². The molecule has 0 saturated carbocycles. The summed E-state index contributed by atoms with van der Waals surface area (Å²) in [5.74, 6) is 0.839. The van der Waals surface area contributed by atoms with Gasteiger partial charge in [-0.2, -0.15) is 0 Å². The number of nitrogens with one attached hydrogen (secondary N) is 1. The van der Waals surface area contributed by atoms with Crippen molar-refractivity contribution < 1.29 is 9.53 Å². The van der Waals surface area contributed by atoms with Gasteiger partial charge in [0, 0.05) is 19.5 Å². The van der Waals surface area contributed by atoms with Crippen molar-refractivity contribution in [3.05, 3.63) is 52.5 Å². The molecule has 1 aliphatic rings. The maximum atomic E-state index is 12.4. The van der Waals surface area contributed by atoms with E-state index in [-0.39, 0.29) is 5.91 Å². The number of aryl methyl sites for hydroxylation is 1. The maximum absolute atomic E-state index is 12.4. The number of amides is 1. The van der Waals surface area contributed by atoms with E-state index in [0.717, 1.165) is 40.2 Å². The Hall–Kier alpha value is -2.01. The van der Waals surface area contributed by atoms with E-state index in [9.17, 15) is 4.79 Å². The summed E-state index contributed by atoms with van der Waals surface area (Å²) in [4.78, 5) is 14.7. The Labute approximate surface area is 157 Å². The molecule has 1 N–H and O–H groups in total. The molecule has 2 aromatic rings. The molecule has 0 aromatic heterocycles. The first kappa shape index (κ1) is 17.8. The second-order valence-corrected chi connectivity index (χ2v) is 7.08. The van der Waals surface area contributed by atoms with Crippen LogP contribution in [0.4, 0.5) is 11.4 Å². The van der Waals surface area contributed by atoms with Crippen LogP contribution in [0, 0.1) is 0 Å². The van der Waals surface area contributed by atoms with Crippen LogP contribution in [-0.4, -0.2) is 26.1 Å². The van der Waals surface area contributed by atoms with Gasteiger partial charge in [-0.25, -0.2) is 0 Å². The minimum absolute atomic E-state index is 0.0404. The average molecular weight is 403 g/mol. The van der Waals surface area contributed by atoms with Gasteiger partial charge in [-0.3, -0.25) is 4.79 Å². The predicted octanol–water partition coefficient (Wildman–Crippen LogP) is 4.63. The molecule has 1 aliphatic heterocycles. The van der Waals surface area contributed by atoms with Gasteiger partial charge in [0.2, 0.25) is 5.91 Å². The predicted molar refractivity (Wildman–Crippen MR) is 106 cm³/mol. The number of hydrogen-bond acceptors (Lipinski definition) is 3. The van der Waals surface area contributed by atoms with Crippen molar-refractivity contribution >= 4 is 33.2 Å². The molecule has 4 nitrogen and oxygen atoms in total. The molecule has 0 radical (unpaired) electrons. The van der Waals surface area contributed by atoms with Gasteiger partial charge < -0.3 is 15.0 Å². The number of carbonyl (C=O) groups excluding carboxylic acids is 1. The van der Waals surface area contributed by atoms with Crippen LogP contribution in [0.25, 0.3) is 0 Å². The van der Waals surface area contributed by atoms with Gasteiger partial charge >= 0.3 is 0 Å². The highest BCUT2D eigenvalue weighted by atomic mass is 79.9. The molecule has 3 rings (SSSR count). The Morgan fingerprint density at radius 3 is 2.68 bits per heavy atom. The summed E-state index contributed by atoms with van der Waals surface area (Å²) in [6.07, 6.45) is 3.58. The number of anilines is 2. The fraction of sp³-hybridized carbons (Fsp3) is 0.350. The van der Waals surface area contributed by atoms with Crippen LogP contribution in [0.5, 0.6) is 5.75 Å². The lowest BCUT2D eigenvalue weighted by Crippen LogP contribution is -2.21. The minimum Gasteiger partial charge on any atom is -0.496 e. The van der Waals surface area contributed by atoms with Gasteiger partial charge in [0.05, 0.1) is 23.0 Å². The van der Waals surface area contributed by atoms with Gasteiger partial charge in [-0.05, 0) is 65.0 Å². The molecule has 1 fully saturated rings. The Bertz CT molecular complexity index is 742. The van der Waals surface area contributed by atoms with Crippen molar-refractivity contribution in [1.82, 2.24) is 0 Å². The fourth-order valence-electron chi connectivity index (χ4n) is 3.15. The fourth-order valence-corrected chi connectivity index (χ4v) is 3.74. The van der Waals surface area contributed by atoms with E-state index < -0.39 is 0 Å². The number of para-hydroxylation sites is 2. The Kier molecular flexibility index (Phi) is 5.97. The lowest BCUT2D eigenvalue weighted by molar-refractivity contribution is -0.116. The Morgan fingerprint density at radius 1 is 1.20 bits per heavy atom. The summed E-state index contributed by atoms with van der Waals surface area (Å²) < 4.78 is 6.15. The first-order valence-corrected chi connectivity index (χ1v) is 9.43. The lowest BCUT2D eigenvalue weighted by Gasteiger charge is -2.21. The van der Waals surface area contributed by atoms with Gasteiger partial charge in [-0.1, -0.05) is 18.2 Å². The zero-order valence-electron chi connectivity index (χ0n) is 14.4. The second-order valence-electron chi connectivity index (χ2n) is 6.23. The van der Waals surface area contributed by atoms with Crippen LogP contribution in [0.2, 0.25) is 0 Å². The molecule has 0 aliphatic carbocycles. The van der Waals surface area contributed by atoms with Crippen molar-refractivity contribution in [2.45, 2.75) is 25.7 Å². The van der Waals surface area contributed by atoms with E-state index in [0.29, 0.717) is 12.8 Å². The van der Waals surface area contributed by atoms with E-state index in [1.807, 2.05) is 36.4 Å². The minimum atomic E-state index is 0.0404. The number of halogens is 1.